The van der Waals surface area contributed by atoms with Crippen LogP contribution in [0.2, 0.25) is 0 Å². The minimum Gasteiger partial charge on any atom is -0.399 e. The van der Waals surface area contributed by atoms with E-state index in [4.69, 9.17) is 9.31 Å². The largest absolute Gasteiger partial charge is 0.494 e. The molecule has 1 aliphatic heterocycles. The maximum absolute atomic E-state index is 6.44. The van der Waals surface area contributed by atoms with Crippen molar-refractivity contribution in [2.75, 3.05) is 4.90 Å². The van der Waals surface area contributed by atoms with Gasteiger partial charge in [0, 0.05) is 32.9 Å². The topological polar surface area (TPSA) is 26.6 Å². The fourth-order valence-electron chi connectivity index (χ4n) is 6.61. The van der Waals surface area contributed by atoms with Crippen LogP contribution in [0.1, 0.15) is 27.7 Å². The van der Waals surface area contributed by atoms with Gasteiger partial charge in [-0.25, -0.2) is 0 Å². The third-order valence-electron chi connectivity index (χ3n) is 9.61. The monoisotopic (exact) mass is 586 g/mol. The molecule has 0 unspecified atom stereocenters. The molecule has 0 amide bonds. The average Bonchev–Trinajstić information content (AvgIpc) is 3.50. The molecule has 45 heavy (non-hydrogen) atoms. The highest BCUT2D eigenvalue weighted by Crippen LogP contribution is 2.42. The number of aromatic nitrogens is 1. The Labute approximate surface area is 264 Å². The predicted molar refractivity (Wildman–Crippen MR) is 189 cm³/mol. The zero-order valence-corrected chi connectivity index (χ0v) is 26.1. The molecule has 1 fully saturated rings. The zero-order valence-electron chi connectivity index (χ0n) is 26.1. The van der Waals surface area contributed by atoms with Gasteiger partial charge in [-0.15, -0.1) is 0 Å². The normalized spacial score (nSPS) is 15.7. The van der Waals surface area contributed by atoms with Crippen LogP contribution >= 0.6 is 0 Å². The van der Waals surface area contributed by atoms with E-state index in [9.17, 15) is 0 Å². The predicted octanol–water partition coefficient (Wildman–Crippen LogP) is 9.71. The fraction of sp³-hybridized carbons (Fsp3) is 0.150. The molecule has 0 radical (unpaired) electrons. The number of hydrogen-bond acceptors (Lipinski definition) is 3. The van der Waals surface area contributed by atoms with Crippen molar-refractivity contribution in [3.63, 3.8) is 0 Å². The molecule has 7 aromatic rings. The maximum atomic E-state index is 6.44. The molecule has 0 spiro atoms. The van der Waals surface area contributed by atoms with E-state index < -0.39 is 18.3 Å². The van der Waals surface area contributed by atoms with Crippen molar-refractivity contribution in [2.24, 2.45) is 0 Å². The van der Waals surface area contributed by atoms with Crippen molar-refractivity contribution >= 4 is 62.2 Å². The standard InChI is InChI=1S/C40H35BN2O2/c1-39(2)40(3,4)45-41(44-39)28-23-24-38-34(27-28)33-21-13-14-22-35(33)43(38)37-26-25-36(31-19-11-12-20-32(31)37)42(29-15-7-5-8-16-29)30-17-9-6-10-18-30/h5-27H,1-4H3. The second-order valence-corrected chi connectivity index (χ2v) is 12.9. The highest BCUT2D eigenvalue weighted by molar-refractivity contribution is 6.62. The van der Waals surface area contributed by atoms with Crippen LogP contribution in [0.3, 0.4) is 0 Å². The molecule has 0 aliphatic carbocycles. The number of para-hydroxylation sites is 3. The Morgan fingerprint density at radius 1 is 0.511 bits per heavy atom. The fourth-order valence-corrected chi connectivity index (χ4v) is 6.61. The molecule has 0 N–H and O–H groups in total. The molecule has 4 nitrogen and oxygen atoms in total. The lowest BCUT2D eigenvalue weighted by Crippen LogP contribution is -2.41. The van der Waals surface area contributed by atoms with Gasteiger partial charge in [-0.1, -0.05) is 91.0 Å². The Morgan fingerprint density at radius 3 is 1.69 bits per heavy atom. The van der Waals surface area contributed by atoms with Gasteiger partial charge in [-0.3, -0.25) is 0 Å². The second-order valence-electron chi connectivity index (χ2n) is 12.9. The molecule has 8 rings (SSSR count). The lowest BCUT2D eigenvalue weighted by atomic mass is 9.78. The molecule has 220 valence electrons. The second kappa shape index (κ2) is 10.4. The number of benzene rings is 6. The third kappa shape index (κ3) is 4.46. The third-order valence-corrected chi connectivity index (χ3v) is 9.61. The Bertz CT molecular complexity index is 2130. The SMILES string of the molecule is CC1(C)OB(c2ccc3c(c2)c2ccccc2n3-c2ccc(N(c3ccccc3)c3ccccc3)c3ccccc23)OC1(C)C. The van der Waals surface area contributed by atoms with E-state index in [0.29, 0.717) is 0 Å². The summed E-state index contributed by atoms with van der Waals surface area (Å²) >= 11 is 0. The summed E-state index contributed by atoms with van der Waals surface area (Å²) in [6.45, 7) is 8.40. The first-order valence-electron chi connectivity index (χ1n) is 15.6. The summed E-state index contributed by atoms with van der Waals surface area (Å²) in [6, 6.07) is 49.7. The molecule has 1 saturated heterocycles. The van der Waals surface area contributed by atoms with E-state index in [1.54, 1.807) is 0 Å². The van der Waals surface area contributed by atoms with Crippen LogP contribution in [0.4, 0.5) is 17.1 Å². The van der Waals surface area contributed by atoms with E-state index in [1.807, 2.05) is 0 Å². The van der Waals surface area contributed by atoms with Crippen LogP contribution in [0.15, 0.2) is 140 Å². The van der Waals surface area contributed by atoms with Gasteiger partial charge in [0.25, 0.3) is 0 Å². The average molecular weight is 587 g/mol. The van der Waals surface area contributed by atoms with Gasteiger partial charge in [0.05, 0.1) is 33.6 Å². The van der Waals surface area contributed by atoms with Crippen molar-refractivity contribution < 1.29 is 9.31 Å². The van der Waals surface area contributed by atoms with Crippen LogP contribution in [0.25, 0.3) is 38.3 Å². The molecule has 2 heterocycles. The first-order chi connectivity index (χ1) is 21.8. The van der Waals surface area contributed by atoms with Gasteiger partial charge in [0.2, 0.25) is 0 Å². The first-order valence-corrected chi connectivity index (χ1v) is 15.6. The summed E-state index contributed by atoms with van der Waals surface area (Å²) in [5.41, 5.74) is 7.08. The van der Waals surface area contributed by atoms with Crippen molar-refractivity contribution in [1.82, 2.24) is 4.57 Å². The summed E-state index contributed by atoms with van der Waals surface area (Å²) in [5.74, 6) is 0. The van der Waals surface area contributed by atoms with Gasteiger partial charge in [-0.05, 0) is 81.7 Å². The molecule has 1 aromatic heterocycles. The van der Waals surface area contributed by atoms with Crippen molar-refractivity contribution in [3.8, 4) is 5.69 Å². The smallest absolute Gasteiger partial charge is 0.399 e. The first kappa shape index (κ1) is 27.7. The van der Waals surface area contributed by atoms with Crippen molar-refractivity contribution in [1.29, 1.82) is 0 Å². The number of hydrogen-bond donors (Lipinski definition) is 0. The molecule has 1 aliphatic rings. The van der Waals surface area contributed by atoms with Crippen LogP contribution in [-0.4, -0.2) is 22.9 Å². The summed E-state index contributed by atoms with van der Waals surface area (Å²) in [7, 11) is -0.413. The summed E-state index contributed by atoms with van der Waals surface area (Å²) in [5, 5.41) is 4.75. The van der Waals surface area contributed by atoms with Gasteiger partial charge >= 0.3 is 7.12 Å². The number of fused-ring (bicyclic) bond motifs is 4. The number of rotatable bonds is 5. The van der Waals surface area contributed by atoms with E-state index in [2.05, 4.69) is 177 Å². The maximum Gasteiger partial charge on any atom is 0.494 e. The lowest BCUT2D eigenvalue weighted by molar-refractivity contribution is 0.00578. The number of nitrogens with zero attached hydrogens (tertiary/aromatic N) is 2. The molecule has 6 aromatic carbocycles. The number of anilines is 3. The molecule has 0 atom stereocenters. The van der Waals surface area contributed by atoms with Crippen LogP contribution in [0, 0.1) is 0 Å². The van der Waals surface area contributed by atoms with Crippen LogP contribution in [0.5, 0.6) is 0 Å². The molecular formula is C40H35BN2O2. The van der Waals surface area contributed by atoms with E-state index >= 15 is 0 Å². The van der Waals surface area contributed by atoms with Crippen LogP contribution in [-0.2, 0) is 9.31 Å². The summed E-state index contributed by atoms with van der Waals surface area (Å²) in [6.07, 6.45) is 0. The van der Waals surface area contributed by atoms with Crippen molar-refractivity contribution in [2.45, 2.75) is 38.9 Å². The van der Waals surface area contributed by atoms with Gasteiger partial charge in [0.15, 0.2) is 0 Å². The summed E-state index contributed by atoms with van der Waals surface area (Å²) in [4.78, 5) is 2.34. The Balaban J connectivity index is 1.33. The zero-order chi connectivity index (χ0) is 30.8. The minimum atomic E-state index is -0.413. The van der Waals surface area contributed by atoms with E-state index in [1.165, 1.54) is 27.1 Å². The molecule has 5 heteroatoms. The van der Waals surface area contributed by atoms with Crippen molar-refractivity contribution in [3.05, 3.63) is 140 Å². The van der Waals surface area contributed by atoms with Gasteiger partial charge in [0.1, 0.15) is 0 Å². The highest BCUT2D eigenvalue weighted by atomic mass is 16.7. The molecule has 0 saturated carbocycles. The van der Waals surface area contributed by atoms with Gasteiger partial charge in [-0.2, -0.15) is 0 Å². The lowest BCUT2D eigenvalue weighted by Gasteiger charge is -2.32. The Morgan fingerprint density at radius 2 is 1.04 bits per heavy atom. The Kier molecular flexibility index (Phi) is 6.38. The van der Waals surface area contributed by atoms with Gasteiger partial charge < -0.3 is 18.8 Å². The quantitative estimate of drug-likeness (QED) is 0.188. The molecular weight excluding hydrogens is 551 g/mol. The highest BCUT2D eigenvalue weighted by Gasteiger charge is 2.51. The van der Waals surface area contributed by atoms with Crippen LogP contribution < -0.4 is 10.4 Å². The van der Waals surface area contributed by atoms with E-state index in [-0.39, 0.29) is 0 Å². The molecule has 0 bridgehead atoms. The van der Waals surface area contributed by atoms with E-state index in [0.717, 1.165) is 33.7 Å². The Hall–Kier alpha value is -4.84. The summed E-state index contributed by atoms with van der Waals surface area (Å²) < 4.78 is 15.3. The minimum absolute atomic E-state index is 0.394.